The van der Waals surface area contributed by atoms with Crippen LogP contribution >= 0.6 is 12.6 Å². The lowest BCUT2D eigenvalue weighted by Gasteiger charge is -2.29. The predicted molar refractivity (Wildman–Crippen MR) is 84.1 cm³/mol. The number of hydrogen-bond donors (Lipinski definition) is 1. The highest BCUT2D eigenvalue weighted by atomic mass is 32.1. The van der Waals surface area contributed by atoms with Crippen molar-refractivity contribution in [1.29, 1.82) is 0 Å². The van der Waals surface area contributed by atoms with Gasteiger partial charge in [-0.15, -0.1) is 12.6 Å². The molecule has 0 aliphatic carbocycles. The lowest BCUT2D eigenvalue weighted by molar-refractivity contribution is 0.0684. The molecule has 0 saturated carbocycles. The van der Waals surface area contributed by atoms with Crippen LogP contribution in [-0.2, 0) is 0 Å². The van der Waals surface area contributed by atoms with Crippen molar-refractivity contribution in [1.82, 2.24) is 4.90 Å². The van der Waals surface area contributed by atoms with Crippen molar-refractivity contribution >= 4 is 18.5 Å². The number of aryl methyl sites for hydroxylation is 1. The highest BCUT2D eigenvalue weighted by Gasteiger charge is 2.21. The number of unbranched alkanes of at least 4 members (excludes halogenated alkanes) is 1. The van der Waals surface area contributed by atoms with Crippen LogP contribution in [0.4, 0.5) is 0 Å². The molecule has 0 fully saturated rings. The molecule has 3 heteroatoms. The zero-order valence-electron chi connectivity index (χ0n) is 12.4. The van der Waals surface area contributed by atoms with Crippen molar-refractivity contribution < 1.29 is 4.79 Å². The molecule has 1 unspecified atom stereocenters. The lowest BCUT2D eigenvalue weighted by atomic mass is 10.1. The molecule has 0 bridgehead atoms. The zero-order valence-corrected chi connectivity index (χ0v) is 13.3. The van der Waals surface area contributed by atoms with Crippen LogP contribution in [0.25, 0.3) is 0 Å². The highest BCUT2D eigenvalue weighted by molar-refractivity contribution is 7.80. The van der Waals surface area contributed by atoms with E-state index < -0.39 is 0 Å². The Bertz CT molecular complexity index is 431. The van der Waals surface area contributed by atoms with E-state index >= 15 is 0 Å². The summed E-state index contributed by atoms with van der Waals surface area (Å²) in [5, 5.41) is 0. The topological polar surface area (TPSA) is 20.3 Å². The van der Waals surface area contributed by atoms with Crippen LogP contribution in [0.15, 0.2) is 23.1 Å². The first-order valence-corrected chi connectivity index (χ1v) is 7.56. The largest absolute Gasteiger partial charge is 0.336 e. The van der Waals surface area contributed by atoms with Crippen molar-refractivity contribution in [2.75, 3.05) is 6.54 Å². The van der Waals surface area contributed by atoms with Crippen LogP contribution < -0.4 is 0 Å². The van der Waals surface area contributed by atoms with E-state index in [2.05, 4.69) is 33.4 Å². The van der Waals surface area contributed by atoms with E-state index in [1.54, 1.807) is 0 Å². The molecule has 1 aromatic rings. The zero-order chi connectivity index (χ0) is 14.4. The van der Waals surface area contributed by atoms with Gasteiger partial charge < -0.3 is 4.90 Å². The number of carbonyl (C=O) groups is 1. The monoisotopic (exact) mass is 279 g/mol. The van der Waals surface area contributed by atoms with E-state index in [9.17, 15) is 4.79 Å². The highest BCUT2D eigenvalue weighted by Crippen LogP contribution is 2.18. The van der Waals surface area contributed by atoms with Gasteiger partial charge in [0.25, 0.3) is 5.91 Å². The van der Waals surface area contributed by atoms with Crippen molar-refractivity contribution in [3.63, 3.8) is 0 Å². The maximum absolute atomic E-state index is 12.7. The second-order valence-electron chi connectivity index (χ2n) is 5.11. The molecule has 1 aromatic carbocycles. The summed E-state index contributed by atoms with van der Waals surface area (Å²) in [4.78, 5) is 15.6. The van der Waals surface area contributed by atoms with Crippen molar-refractivity contribution in [2.24, 2.45) is 0 Å². The fraction of sp³-hybridized carbons (Fsp3) is 0.562. The third kappa shape index (κ3) is 4.27. The first-order valence-electron chi connectivity index (χ1n) is 7.11. The molecule has 106 valence electrons. The van der Waals surface area contributed by atoms with E-state index in [0.717, 1.165) is 41.8 Å². The SMILES string of the molecule is CCCCN(C(=O)c1cc(S)ccc1C)C(C)CC. The molecule has 1 rings (SSSR count). The Balaban J connectivity index is 3.00. The molecule has 0 radical (unpaired) electrons. The van der Waals surface area contributed by atoms with E-state index in [1.165, 1.54) is 0 Å². The van der Waals surface area contributed by atoms with Gasteiger partial charge in [0.2, 0.25) is 0 Å². The van der Waals surface area contributed by atoms with Gasteiger partial charge in [0.05, 0.1) is 0 Å². The molecule has 1 amide bonds. The minimum atomic E-state index is 0.135. The summed E-state index contributed by atoms with van der Waals surface area (Å²) in [5.41, 5.74) is 1.80. The average molecular weight is 279 g/mol. The number of carbonyl (C=O) groups excluding carboxylic acids is 1. The minimum absolute atomic E-state index is 0.135. The van der Waals surface area contributed by atoms with Gasteiger partial charge in [-0.2, -0.15) is 0 Å². The van der Waals surface area contributed by atoms with Crippen molar-refractivity contribution in [3.05, 3.63) is 29.3 Å². The molecule has 1 atom stereocenters. The summed E-state index contributed by atoms with van der Waals surface area (Å²) >= 11 is 4.34. The van der Waals surface area contributed by atoms with Crippen LogP contribution in [-0.4, -0.2) is 23.4 Å². The Morgan fingerprint density at radius 3 is 2.63 bits per heavy atom. The number of thiol groups is 1. The van der Waals surface area contributed by atoms with E-state index in [1.807, 2.05) is 30.0 Å². The summed E-state index contributed by atoms with van der Waals surface area (Å²) < 4.78 is 0. The van der Waals surface area contributed by atoms with Gasteiger partial charge in [-0.25, -0.2) is 0 Å². The summed E-state index contributed by atoms with van der Waals surface area (Å²) in [6, 6.07) is 6.04. The van der Waals surface area contributed by atoms with Crippen molar-refractivity contribution in [2.45, 2.75) is 57.9 Å². The van der Waals surface area contributed by atoms with Crippen molar-refractivity contribution in [3.8, 4) is 0 Å². The Labute approximate surface area is 122 Å². The average Bonchev–Trinajstić information content (AvgIpc) is 2.41. The van der Waals surface area contributed by atoms with Gasteiger partial charge in [0.15, 0.2) is 0 Å². The van der Waals surface area contributed by atoms with Crippen LogP contribution in [0.3, 0.4) is 0 Å². The first-order chi connectivity index (χ1) is 9.01. The maximum Gasteiger partial charge on any atom is 0.254 e. The molecule has 0 heterocycles. The van der Waals surface area contributed by atoms with Crippen LogP contribution in [0.2, 0.25) is 0 Å². The summed E-state index contributed by atoms with van der Waals surface area (Å²) in [6.07, 6.45) is 3.14. The van der Waals surface area contributed by atoms with E-state index in [0.29, 0.717) is 0 Å². The molecular formula is C16H25NOS. The van der Waals surface area contributed by atoms with Gasteiger partial charge in [-0.3, -0.25) is 4.79 Å². The van der Waals surface area contributed by atoms with Crippen LogP contribution in [0, 0.1) is 6.92 Å². The standard InChI is InChI=1S/C16H25NOS/c1-5-7-10-17(13(4)6-2)16(18)15-11-14(19)9-8-12(15)3/h8-9,11,13,19H,5-7,10H2,1-4H3. The number of rotatable bonds is 6. The molecule has 0 aliphatic heterocycles. The third-order valence-electron chi connectivity index (χ3n) is 3.59. The molecule has 0 aromatic heterocycles. The summed E-state index contributed by atoms with van der Waals surface area (Å²) in [5.74, 6) is 0.135. The second kappa shape index (κ2) is 7.59. The summed E-state index contributed by atoms with van der Waals surface area (Å²) in [7, 11) is 0. The number of hydrogen-bond acceptors (Lipinski definition) is 2. The Hall–Kier alpha value is -0.960. The number of amides is 1. The Morgan fingerprint density at radius 2 is 2.05 bits per heavy atom. The maximum atomic E-state index is 12.7. The smallest absolute Gasteiger partial charge is 0.254 e. The molecule has 0 saturated heterocycles. The van der Waals surface area contributed by atoms with Gasteiger partial charge in [0, 0.05) is 23.0 Å². The molecule has 0 N–H and O–H groups in total. The lowest BCUT2D eigenvalue weighted by Crippen LogP contribution is -2.39. The molecular weight excluding hydrogens is 254 g/mol. The fourth-order valence-electron chi connectivity index (χ4n) is 2.07. The van der Waals surface area contributed by atoms with Gasteiger partial charge in [-0.1, -0.05) is 26.3 Å². The number of nitrogens with zero attached hydrogens (tertiary/aromatic N) is 1. The van der Waals surface area contributed by atoms with E-state index in [4.69, 9.17) is 0 Å². The Kier molecular flexibility index (Phi) is 6.43. The predicted octanol–water partition coefficient (Wildman–Crippen LogP) is 4.32. The van der Waals surface area contributed by atoms with Gasteiger partial charge in [-0.05, 0) is 44.4 Å². The number of benzene rings is 1. The molecule has 0 aliphatic rings. The van der Waals surface area contributed by atoms with Gasteiger partial charge >= 0.3 is 0 Å². The van der Waals surface area contributed by atoms with Gasteiger partial charge in [0.1, 0.15) is 0 Å². The first kappa shape index (κ1) is 16.1. The van der Waals surface area contributed by atoms with Crippen LogP contribution in [0.1, 0.15) is 56.0 Å². The van der Waals surface area contributed by atoms with E-state index in [-0.39, 0.29) is 11.9 Å². The second-order valence-corrected chi connectivity index (χ2v) is 5.62. The quantitative estimate of drug-likeness (QED) is 0.769. The summed E-state index contributed by atoms with van der Waals surface area (Å²) in [6.45, 7) is 9.21. The minimum Gasteiger partial charge on any atom is -0.336 e. The molecule has 19 heavy (non-hydrogen) atoms. The molecule has 2 nitrogen and oxygen atoms in total. The normalized spacial score (nSPS) is 12.3. The Morgan fingerprint density at radius 1 is 1.37 bits per heavy atom. The molecule has 0 spiro atoms. The van der Waals surface area contributed by atoms with Crippen LogP contribution in [0.5, 0.6) is 0 Å². The fourth-order valence-corrected chi connectivity index (χ4v) is 2.27. The third-order valence-corrected chi connectivity index (χ3v) is 3.87.